The normalized spacial score (nSPS) is 12.1. The van der Waals surface area contributed by atoms with Gasteiger partial charge in [-0.3, -0.25) is 4.79 Å². The maximum Gasteiger partial charge on any atom is 0.408 e. The van der Waals surface area contributed by atoms with Crippen molar-refractivity contribution in [3.8, 4) is 0 Å². The van der Waals surface area contributed by atoms with E-state index in [2.05, 4.69) is 21.3 Å². The Morgan fingerprint density at radius 3 is 1.83 bits per heavy atom. The Kier molecular flexibility index (Phi) is 12.5. The third-order valence-electron chi connectivity index (χ3n) is 4.25. The smallest absolute Gasteiger partial charge is 0.408 e. The molecule has 1 atom stereocenters. The molecule has 0 aromatic heterocycles. The van der Waals surface area contributed by atoms with Crippen LogP contribution in [0.2, 0.25) is 0 Å². The monoisotopic (exact) mass is 508 g/mol. The van der Waals surface area contributed by atoms with Crippen LogP contribution in [0, 0.1) is 0 Å². The summed E-state index contributed by atoms with van der Waals surface area (Å²) in [6, 6.07) is 8.24. The highest BCUT2D eigenvalue weighted by atomic mass is 16.6. The lowest BCUT2D eigenvalue weighted by Gasteiger charge is -2.21. The van der Waals surface area contributed by atoms with Crippen LogP contribution in [0.15, 0.2) is 30.3 Å². The Labute approximate surface area is 213 Å². The van der Waals surface area contributed by atoms with Crippen LogP contribution in [0.4, 0.5) is 14.4 Å². The molecule has 0 saturated carbocycles. The van der Waals surface area contributed by atoms with E-state index in [0.29, 0.717) is 6.42 Å². The summed E-state index contributed by atoms with van der Waals surface area (Å²) in [5, 5.41) is 10.4. The molecule has 4 amide bonds. The molecule has 1 aromatic rings. The van der Waals surface area contributed by atoms with Gasteiger partial charge in [0, 0.05) is 19.6 Å². The van der Waals surface area contributed by atoms with Crippen LogP contribution in [0.5, 0.6) is 0 Å². The van der Waals surface area contributed by atoms with Crippen molar-refractivity contribution in [1.82, 2.24) is 21.3 Å². The van der Waals surface area contributed by atoms with Gasteiger partial charge in [-0.2, -0.15) is 0 Å². The Morgan fingerprint density at radius 2 is 1.28 bits per heavy atom. The van der Waals surface area contributed by atoms with Crippen molar-refractivity contribution >= 4 is 24.2 Å². The summed E-state index contributed by atoms with van der Waals surface area (Å²) in [6.07, 6.45) is -1.27. The molecule has 4 N–H and O–H groups in total. The zero-order valence-electron chi connectivity index (χ0n) is 22.1. The molecule has 0 bridgehead atoms. The Bertz CT molecular complexity index is 848. The van der Waals surface area contributed by atoms with Gasteiger partial charge in [-0.15, -0.1) is 0 Å². The molecule has 36 heavy (non-hydrogen) atoms. The van der Waals surface area contributed by atoms with Crippen LogP contribution in [0.25, 0.3) is 0 Å². The third kappa shape index (κ3) is 15.4. The van der Waals surface area contributed by atoms with Gasteiger partial charge in [-0.25, -0.2) is 14.4 Å². The minimum atomic E-state index is -0.907. The number of amides is 4. The third-order valence-corrected chi connectivity index (χ3v) is 4.25. The Morgan fingerprint density at radius 1 is 0.750 bits per heavy atom. The standard InChI is InChI=1S/C25H40N4O7/c1-24(2,3)35-21(31)27-14-10-13-19(29-23(33)34-17-18-11-8-7-9-12-18)20(30)26-15-16-28-22(32)36-25(4,5)6/h7-9,11-12,19H,10,13-17H2,1-6H3,(H,26,30)(H,27,31)(H,28,32)(H,29,33)/t19-/m0/s1. The SMILES string of the molecule is CC(C)(C)OC(=O)NCCC[C@H](NC(=O)OCc1ccccc1)C(=O)NCCNC(=O)OC(C)(C)C. The predicted octanol–water partition coefficient (Wildman–Crippen LogP) is 3.23. The maximum absolute atomic E-state index is 12.7. The summed E-state index contributed by atoms with van der Waals surface area (Å²) in [6.45, 7) is 11.1. The predicted molar refractivity (Wildman–Crippen MR) is 134 cm³/mol. The van der Waals surface area contributed by atoms with Gasteiger partial charge in [0.1, 0.15) is 23.9 Å². The number of hydrogen-bond donors (Lipinski definition) is 4. The fourth-order valence-corrected chi connectivity index (χ4v) is 2.77. The van der Waals surface area contributed by atoms with Gasteiger partial charge in [0.05, 0.1) is 0 Å². The lowest BCUT2D eigenvalue weighted by molar-refractivity contribution is -0.123. The van der Waals surface area contributed by atoms with Crippen molar-refractivity contribution in [3.63, 3.8) is 0 Å². The average Bonchev–Trinajstić information content (AvgIpc) is 2.75. The van der Waals surface area contributed by atoms with Gasteiger partial charge in [0.25, 0.3) is 0 Å². The van der Waals surface area contributed by atoms with Gasteiger partial charge in [-0.05, 0) is 59.9 Å². The summed E-state index contributed by atoms with van der Waals surface area (Å²) in [5.74, 6) is -0.449. The molecule has 0 saturated heterocycles. The number of ether oxygens (including phenoxy) is 3. The van der Waals surface area contributed by atoms with Crippen LogP contribution >= 0.6 is 0 Å². The van der Waals surface area contributed by atoms with Crippen molar-refractivity contribution in [2.75, 3.05) is 19.6 Å². The van der Waals surface area contributed by atoms with Gasteiger partial charge >= 0.3 is 18.3 Å². The lowest BCUT2D eigenvalue weighted by atomic mass is 10.1. The molecule has 0 unspecified atom stereocenters. The molecule has 0 aliphatic rings. The molecule has 0 radical (unpaired) electrons. The number of nitrogens with one attached hydrogen (secondary N) is 4. The molecule has 1 rings (SSSR count). The first-order valence-corrected chi connectivity index (χ1v) is 11.9. The average molecular weight is 509 g/mol. The minimum Gasteiger partial charge on any atom is -0.445 e. The van der Waals surface area contributed by atoms with Crippen LogP contribution in [0.3, 0.4) is 0 Å². The first-order chi connectivity index (χ1) is 16.7. The number of rotatable bonds is 11. The van der Waals surface area contributed by atoms with Crippen molar-refractivity contribution in [2.45, 2.75) is 78.2 Å². The molecule has 11 nitrogen and oxygen atoms in total. The summed E-state index contributed by atoms with van der Waals surface area (Å²) < 4.78 is 15.5. The molecule has 11 heteroatoms. The van der Waals surface area contributed by atoms with Crippen LogP contribution in [0.1, 0.15) is 59.9 Å². The number of carbonyl (C=O) groups is 4. The van der Waals surface area contributed by atoms with E-state index < -0.39 is 41.4 Å². The first-order valence-electron chi connectivity index (χ1n) is 11.9. The zero-order chi connectivity index (χ0) is 27.2. The molecule has 1 aromatic carbocycles. The van der Waals surface area contributed by atoms with Crippen molar-refractivity contribution in [3.05, 3.63) is 35.9 Å². The van der Waals surface area contributed by atoms with E-state index in [1.54, 1.807) is 41.5 Å². The van der Waals surface area contributed by atoms with Crippen LogP contribution in [-0.4, -0.2) is 61.1 Å². The fourth-order valence-electron chi connectivity index (χ4n) is 2.77. The molecule has 202 valence electrons. The number of carbonyl (C=O) groups excluding carboxylic acids is 4. The van der Waals surface area contributed by atoms with Crippen molar-refractivity contribution in [2.24, 2.45) is 0 Å². The van der Waals surface area contributed by atoms with E-state index in [9.17, 15) is 19.2 Å². The van der Waals surface area contributed by atoms with E-state index in [-0.39, 0.29) is 32.7 Å². The van der Waals surface area contributed by atoms with E-state index in [1.165, 1.54) is 0 Å². The lowest BCUT2D eigenvalue weighted by Crippen LogP contribution is -2.48. The highest BCUT2D eigenvalue weighted by Gasteiger charge is 2.22. The van der Waals surface area contributed by atoms with Crippen LogP contribution in [-0.2, 0) is 25.6 Å². The highest BCUT2D eigenvalue weighted by Crippen LogP contribution is 2.07. The molecule has 0 heterocycles. The van der Waals surface area contributed by atoms with Gasteiger partial charge in [0.15, 0.2) is 0 Å². The highest BCUT2D eigenvalue weighted by molar-refractivity contribution is 5.85. The van der Waals surface area contributed by atoms with Gasteiger partial charge in [0.2, 0.25) is 5.91 Å². The largest absolute Gasteiger partial charge is 0.445 e. The second-order valence-corrected chi connectivity index (χ2v) is 10.0. The fraction of sp³-hybridized carbons (Fsp3) is 0.600. The van der Waals surface area contributed by atoms with E-state index in [1.807, 2.05) is 30.3 Å². The number of hydrogen-bond acceptors (Lipinski definition) is 7. The summed E-state index contributed by atoms with van der Waals surface area (Å²) in [7, 11) is 0. The van der Waals surface area contributed by atoms with E-state index in [4.69, 9.17) is 14.2 Å². The number of benzene rings is 1. The molecular weight excluding hydrogens is 468 g/mol. The number of alkyl carbamates (subject to hydrolysis) is 3. The van der Waals surface area contributed by atoms with Crippen molar-refractivity contribution < 1.29 is 33.4 Å². The zero-order valence-corrected chi connectivity index (χ0v) is 22.1. The molecule has 0 spiro atoms. The molecule has 0 aliphatic carbocycles. The molecule has 0 fully saturated rings. The van der Waals surface area contributed by atoms with Gasteiger partial charge in [-0.1, -0.05) is 30.3 Å². The maximum atomic E-state index is 12.7. The second-order valence-electron chi connectivity index (χ2n) is 10.0. The van der Waals surface area contributed by atoms with E-state index >= 15 is 0 Å². The van der Waals surface area contributed by atoms with E-state index in [0.717, 1.165) is 5.56 Å². The Hall–Kier alpha value is -3.50. The molecule has 0 aliphatic heterocycles. The second kappa shape index (κ2) is 14.8. The molecular formula is C25H40N4O7. The summed E-state index contributed by atoms with van der Waals surface area (Å²) in [4.78, 5) is 48.5. The van der Waals surface area contributed by atoms with Crippen LogP contribution < -0.4 is 21.3 Å². The summed E-state index contributed by atoms with van der Waals surface area (Å²) in [5.41, 5.74) is -0.442. The Balaban J connectivity index is 2.55. The van der Waals surface area contributed by atoms with Crippen molar-refractivity contribution in [1.29, 1.82) is 0 Å². The first kappa shape index (κ1) is 30.5. The summed E-state index contributed by atoms with van der Waals surface area (Å²) >= 11 is 0. The quantitative estimate of drug-likeness (QED) is 0.265. The topological polar surface area (TPSA) is 144 Å². The minimum absolute atomic E-state index is 0.0566. The van der Waals surface area contributed by atoms with Gasteiger partial charge < -0.3 is 35.5 Å².